The number of amidine groups is 1. The Labute approximate surface area is 113 Å². The van der Waals surface area contributed by atoms with Crippen LogP contribution in [0.5, 0.6) is 0 Å². The number of hydrogen-bond acceptors (Lipinski definition) is 3. The number of hydrogen-bond donors (Lipinski definition) is 0. The van der Waals surface area contributed by atoms with Gasteiger partial charge in [0.25, 0.3) is 0 Å². The highest BCUT2D eigenvalue weighted by Crippen LogP contribution is 2.09. The van der Waals surface area contributed by atoms with E-state index in [1.807, 2.05) is 0 Å². The van der Waals surface area contributed by atoms with Crippen LogP contribution in [0.25, 0.3) is 0 Å². The Morgan fingerprint density at radius 2 is 1.89 bits per heavy atom. The van der Waals surface area contributed by atoms with Crippen LogP contribution in [-0.4, -0.2) is 30.0 Å². The molecule has 0 aromatic heterocycles. The Balaban J connectivity index is 5.16. The van der Waals surface area contributed by atoms with Crippen LogP contribution in [0.15, 0.2) is 34.3 Å². The lowest BCUT2D eigenvalue weighted by Crippen LogP contribution is -2.22. The first-order valence-corrected chi connectivity index (χ1v) is 5.89. The predicted octanol–water partition coefficient (Wildman–Crippen LogP) is 3.11. The molecule has 0 aliphatic heterocycles. The monoisotopic (exact) mass is 264 g/mol. The van der Waals surface area contributed by atoms with E-state index >= 15 is 0 Å². The quantitative estimate of drug-likeness (QED) is 0.445. The predicted molar refractivity (Wildman–Crippen MR) is 76.8 cm³/mol. The van der Waals surface area contributed by atoms with Gasteiger partial charge < -0.3 is 4.74 Å². The fourth-order valence-corrected chi connectivity index (χ4v) is 1.13. The summed E-state index contributed by atoms with van der Waals surface area (Å²) in [5.41, 5.74) is -0.189. The summed E-state index contributed by atoms with van der Waals surface area (Å²) in [6.07, 6.45) is 2.31. The Bertz CT molecular complexity index is 440. The molecule has 0 atom stereocenters. The molecule has 0 spiro atoms. The molecule has 0 radical (unpaired) electrons. The minimum atomic E-state index is -0.771. The normalized spacial score (nSPS) is 12.8. The number of ketones is 1. The number of ether oxygens (including phenoxy) is 1. The molecule has 0 N–H and O–H groups in total. The van der Waals surface area contributed by atoms with Crippen molar-refractivity contribution in [2.75, 3.05) is 0 Å². The maximum absolute atomic E-state index is 11.5. The summed E-state index contributed by atoms with van der Waals surface area (Å²) < 4.78 is 5.02. The van der Waals surface area contributed by atoms with Crippen LogP contribution < -0.4 is 0 Å². The first-order valence-electron chi connectivity index (χ1n) is 5.89. The third-order valence-electron chi connectivity index (χ3n) is 1.95. The van der Waals surface area contributed by atoms with Gasteiger partial charge in [-0.25, -0.2) is 9.79 Å². The zero-order chi connectivity index (χ0) is 15.1. The number of amides is 1. The summed E-state index contributed by atoms with van der Waals surface area (Å²) in [7, 11) is 0. The Hall–Kier alpha value is -2.04. The standard InChI is InChI=1S/C14H20N2O3/c1-7-10(11(17)8-2)9-12(15-6)16-13(18)19-14(3,4)5/h8-9H,2,6-7H2,1,3-5H3/b10-9+,16-12?. The first kappa shape index (κ1) is 17.0. The van der Waals surface area contributed by atoms with Gasteiger partial charge >= 0.3 is 6.09 Å². The molecule has 5 heteroatoms. The average Bonchev–Trinajstić information content (AvgIpc) is 2.31. The molecule has 0 saturated heterocycles. The van der Waals surface area contributed by atoms with Gasteiger partial charge in [0.2, 0.25) is 0 Å². The molecule has 5 nitrogen and oxygen atoms in total. The van der Waals surface area contributed by atoms with E-state index in [4.69, 9.17) is 4.74 Å². The lowest BCUT2D eigenvalue weighted by molar-refractivity contribution is -0.111. The van der Waals surface area contributed by atoms with Crippen molar-refractivity contribution in [3.8, 4) is 0 Å². The maximum atomic E-state index is 11.5. The zero-order valence-electron chi connectivity index (χ0n) is 11.9. The van der Waals surface area contributed by atoms with Gasteiger partial charge in [0.05, 0.1) is 0 Å². The molecular weight excluding hydrogens is 244 g/mol. The van der Waals surface area contributed by atoms with E-state index in [0.29, 0.717) is 12.0 Å². The molecule has 0 rings (SSSR count). The molecule has 0 unspecified atom stereocenters. The summed E-state index contributed by atoms with van der Waals surface area (Å²) in [5, 5.41) is 0. The molecule has 0 saturated carbocycles. The summed E-state index contributed by atoms with van der Waals surface area (Å²) >= 11 is 0. The fraction of sp³-hybridized carbons (Fsp3) is 0.429. The summed E-state index contributed by atoms with van der Waals surface area (Å²) in [5.74, 6) is -0.190. The van der Waals surface area contributed by atoms with Gasteiger partial charge in [-0.2, -0.15) is 4.99 Å². The van der Waals surface area contributed by atoms with E-state index in [-0.39, 0.29) is 11.6 Å². The highest BCUT2D eigenvalue weighted by molar-refractivity contribution is 6.10. The molecule has 0 aromatic carbocycles. The molecule has 19 heavy (non-hydrogen) atoms. The number of allylic oxidation sites excluding steroid dienone is 2. The summed E-state index contributed by atoms with van der Waals surface area (Å²) in [6, 6.07) is 0. The van der Waals surface area contributed by atoms with E-state index in [2.05, 4.69) is 23.3 Å². The van der Waals surface area contributed by atoms with Crippen molar-refractivity contribution in [2.24, 2.45) is 9.98 Å². The Kier molecular flexibility index (Phi) is 6.61. The second-order valence-corrected chi connectivity index (χ2v) is 4.70. The van der Waals surface area contributed by atoms with Gasteiger partial charge in [0, 0.05) is 5.57 Å². The van der Waals surface area contributed by atoms with Crippen molar-refractivity contribution in [1.82, 2.24) is 0 Å². The minimum Gasteiger partial charge on any atom is -0.442 e. The van der Waals surface area contributed by atoms with Crippen molar-refractivity contribution in [3.05, 3.63) is 24.3 Å². The molecule has 0 heterocycles. The Morgan fingerprint density at radius 1 is 1.32 bits per heavy atom. The second-order valence-electron chi connectivity index (χ2n) is 4.70. The molecule has 104 valence electrons. The van der Waals surface area contributed by atoms with Gasteiger partial charge in [-0.05, 0) is 46.1 Å². The van der Waals surface area contributed by atoms with Gasteiger partial charge in [0.1, 0.15) is 5.60 Å². The van der Waals surface area contributed by atoms with Crippen molar-refractivity contribution in [3.63, 3.8) is 0 Å². The van der Waals surface area contributed by atoms with Crippen molar-refractivity contribution in [2.45, 2.75) is 39.7 Å². The third kappa shape index (κ3) is 7.08. The average molecular weight is 264 g/mol. The molecule has 0 aliphatic rings. The maximum Gasteiger partial charge on any atom is 0.436 e. The van der Waals surface area contributed by atoms with E-state index < -0.39 is 11.7 Å². The van der Waals surface area contributed by atoms with Gasteiger partial charge in [0.15, 0.2) is 11.6 Å². The largest absolute Gasteiger partial charge is 0.442 e. The Morgan fingerprint density at radius 3 is 2.26 bits per heavy atom. The molecule has 0 aliphatic carbocycles. The van der Waals surface area contributed by atoms with Crippen LogP contribution >= 0.6 is 0 Å². The number of rotatable bonds is 4. The molecular formula is C14H20N2O3. The van der Waals surface area contributed by atoms with Crippen LogP contribution in [0.3, 0.4) is 0 Å². The van der Waals surface area contributed by atoms with Crippen LogP contribution in [0.4, 0.5) is 4.79 Å². The van der Waals surface area contributed by atoms with E-state index in [9.17, 15) is 9.59 Å². The van der Waals surface area contributed by atoms with Crippen molar-refractivity contribution >= 4 is 24.4 Å². The third-order valence-corrected chi connectivity index (χ3v) is 1.95. The van der Waals surface area contributed by atoms with Crippen molar-refractivity contribution in [1.29, 1.82) is 0 Å². The zero-order valence-corrected chi connectivity index (χ0v) is 11.9. The molecule has 1 amide bonds. The number of aliphatic imine (C=N–C) groups is 2. The fourth-order valence-electron chi connectivity index (χ4n) is 1.13. The second kappa shape index (κ2) is 7.41. The van der Waals surface area contributed by atoms with E-state index in [1.165, 1.54) is 12.2 Å². The van der Waals surface area contributed by atoms with E-state index in [0.717, 1.165) is 0 Å². The smallest absolute Gasteiger partial charge is 0.436 e. The van der Waals surface area contributed by atoms with Gasteiger partial charge in [-0.1, -0.05) is 13.5 Å². The summed E-state index contributed by atoms with van der Waals surface area (Å²) in [4.78, 5) is 30.2. The SMILES string of the molecule is C=CC(=O)/C(=C/C(N=C)=NC(=O)OC(C)(C)C)CC. The highest BCUT2D eigenvalue weighted by Gasteiger charge is 2.16. The first-order chi connectivity index (χ1) is 8.73. The van der Waals surface area contributed by atoms with Crippen LogP contribution in [-0.2, 0) is 9.53 Å². The molecule has 0 bridgehead atoms. The van der Waals surface area contributed by atoms with Gasteiger partial charge in [-0.3, -0.25) is 4.79 Å². The van der Waals surface area contributed by atoms with Crippen molar-refractivity contribution < 1.29 is 14.3 Å². The topological polar surface area (TPSA) is 68.1 Å². The molecule has 0 aromatic rings. The van der Waals surface area contributed by atoms with Crippen LogP contribution in [0.1, 0.15) is 34.1 Å². The summed E-state index contributed by atoms with van der Waals surface area (Å²) in [6.45, 7) is 13.7. The number of nitrogens with zero attached hydrogens (tertiary/aromatic N) is 2. The van der Waals surface area contributed by atoms with Crippen LogP contribution in [0, 0.1) is 0 Å². The lowest BCUT2D eigenvalue weighted by Gasteiger charge is -2.17. The van der Waals surface area contributed by atoms with E-state index in [1.54, 1.807) is 27.7 Å². The molecule has 0 fully saturated rings. The lowest BCUT2D eigenvalue weighted by atomic mass is 10.1. The number of carbonyl (C=O) groups is 2. The number of carbonyl (C=O) groups excluding carboxylic acids is 2. The minimum absolute atomic E-state index is 0.0429. The van der Waals surface area contributed by atoms with Crippen LogP contribution in [0.2, 0.25) is 0 Å². The van der Waals surface area contributed by atoms with Gasteiger partial charge in [-0.15, -0.1) is 0 Å². The highest BCUT2D eigenvalue weighted by atomic mass is 16.6.